The van der Waals surface area contributed by atoms with Gasteiger partial charge in [0.15, 0.2) is 0 Å². The van der Waals surface area contributed by atoms with Gasteiger partial charge in [-0.2, -0.15) is 0 Å². The van der Waals surface area contributed by atoms with Crippen molar-refractivity contribution >= 4 is 51.4 Å². The van der Waals surface area contributed by atoms with Gasteiger partial charge in [0, 0.05) is 15.3 Å². The van der Waals surface area contributed by atoms with Gasteiger partial charge < -0.3 is 5.11 Å². The van der Waals surface area contributed by atoms with Crippen LogP contribution in [0.15, 0.2) is 17.1 Å². The third-order valence-corrected chi connectivity index (χ3v) is 4.28. The van der Waals surface area contributed by atoms with Gasteiger partial charge >= 0.3 is 0 Å². The summed E-state index contributed by atoms with van der Waals surface area (Å²) in [5.74, 6) is 0.323. The van der Waals surface area contributed by atoms with Gasteiger partial charge in [0.1, 0.15) is 5.75 Å². The normalized spacial score (nSPS) is 14.1. The summed E-state index contributed by atoms with van der Waals surface area (Å²) in [5, 5.41) is 10.0. The van der Waals surface area contributed by atoms with Gasteiger partial charge in [-0.3, -0.25) is 4.99 Å². The molecule has 1 aromatic rings. The van der Waals surface area contributed by atoms with E-state index in [2.05, 4.69) is 77.9 Å². The van der Waals surface area contributed by atoms with E-state index in [0.29, 0.717) is 5.75 Å². The van der Waals surface area contributed by atoms with Crippen molar-refractivity contribution in [2.75, 3.05) is 0 Å². The maximum atomic E-state index is 10.0. The lowest BCUT2D eigenvalue weighted by Gasteiger charge is -2.26. The summed E-state index contributed by atoms with van der Waals surface area (Å²) in [5.41, 5.74) is 0.949. The first-order valence-electron chi connectivity index (χ1n) is 5.97. The van der Waals surface area contributed by atoms with Gasteiger partial charge in [0.2, 0.25) is 0 Å². The van der Waals surface area contributed by atoms with Crippen molar-refractivity contribution < 1.29 is 5.11 Å². The number of phenolic OH excluding ortho intramolecular Hbond substituents is 1. The maximum Gasteiger partial charge on any atom is 0.137 e. The molecule has 0 spiro atoms. The topological polar surface area (TPSA) is 32.6 Å². The zero-order valence-electron chi connectivity index (χ0n) is 11.2. The van der Waals surface area contributed by atoms with Gasteiger partial charge in [-0.05, 0) is 69.2 Å². The van der Waals surface area contributed by atoms with Crippen LogP contribution in [0.4, 0.5) is 0 Å². The quantitative estimate of drug-likeness (QED) is 0.497. The Bertz CT molecular complexity index is 450. The molecule has 18 heavy (non-hydrogen) atoms. The SMILES string of the molecule is CCC(N=Cc1cc(I)cc(I)c1O)C(C)(C)C. The van der Waals surface area contributed by atoms with Gasteiger partial charge in [0.25, 0.3) is 0 Å². The number of hydrogen-bond acceptors (Lipinski definition) is 2. The molecule has 0 saturated heterocycles. The highest BCUT2D eigenvalue weighted by Crippen LogP contribution is 2.28. The Morgan fingerprint density at radius 1 is 1.33 bits per heavy atom. The van der Waals surface area contributed by atoms with Crippen LogP contribution in [0.5, 0.6) is 5.75 Å². The molecule has 0 radical (unpaired) electrons. The second-order valence-electron chi connectivity index (χ2n) is 5.39. The second kappa shape index (κ2) is 6.54. The van der Waals surface area contributed by atoms with Crippen molar-refractivity contribution in [1.82, 2.24) is 0 Å². The Labute approximate surface area is 137 Å². The molecule has 0 aromatic heterocycles. The minimum Gasteiger partial charge on any atom is -0.506 e. The van der Waals surface area contributed by atoms with Crippen LogP contribution in [0.25, 0.3) is 0 Å². The van der Waals surface area contributed by atoms with E-state index in [4.69, 9.17) is 0 Å². The second-order valence-corrected chi connectivity index (χ2v) is 7.80. The molecule has 0 aliphatic heterocycles. The molecular formula is C14H19I2NO. The van der Waals surface area contributed by atoms with Crippen LogP contribution in [0.3, 0.4) is 0 Å². The fraction of sp³-hybridized carbons (Fsp3) is 0.500. The minimum absolute atomic E-state index is 0.149. The lowest BCUT2D eigenvalue weighted by Crippen LogP contribution is -2.23. The summed E-state index contributed by atoms with van der Waals surface area (Å²) in [6.45, 7) is 8.72. The molecule has 4 heteroatoms. The van der Waals surface area contributed by atoms with E-state index in [1.807, 2.05) is 12.1 Å². The molecule has 0 aliphatic carbocycles. The van der Waals surface area contributed by atoms with Crippen molar-refractivity contribution in [2.45, 2.75) is 40.2 Å². The fourth-order valence-corrected chi connectivity index (χ4v) is 3.69. The van der Waals surface area contributed by atoms with E-state index in [1.165, 1.54) is 0 Å². The summed E-state index contributed by atoms with van der Waals surface area (Å²) in [4.78, 5) is 4.64. The summed E-state index contributed by atoms with van der Waals surface area (Å²) >= 11 is 4.39. The summed E-state index contributed by atoms with van der Waals surface area (Å²) in [7, 11) is 0. The Hall–Kier alpha value is 0.150. The van der Waals surface area contributed by atoms with Crippen LogP contribution in [0, 0.1) is 12.6 Å². The Morgan fingerprint density at radius 2 is 1.94 bits per heavy atom. The molecule has 0 bridgehead atoms. The Kier molecular flexibility index (Phi) is 5.89. The molecule has 0 amide bonds. The van der Waals surface area contributed by atoms with Crippen molar-refractivity contribution in [3.63, 3.8) is 0 Å². The third kappa shape index (κ3) is 4.36. The summed E-state index contributed by atoms with van der Waals surface area (Å²) in [6, 6.07) is 4.18. The average Bonchev–Trinajstić information content (AvgIpc) is 2.23. The number of hydrogen-bond donors (Lipinski definition) is 1. The minimum atomic E-state index is 0.149. The number of rotatable bonds is 3. The lowest BCUT2D eigenvalue weighted by atomic mass is 9.85. The monoisotopic (exact) mass is 471 g/mol. The Morgan fingerprint density at radius 3 is 2.44 bits per heavy atom. The lowest BCUT2D eigenvalue weighted by molar-refractivity contribution is 0.316. The van der Waals surface area contributed by atoms with Crippen LogP contribution in [0.1, 0.15) is 39.7 Å². The van der Waals surface area contributed by atoms with Crippen molar-refractivity contribution in [2.24, 2.45) is 10.4 Å². The van der Waals surface area contributed by atoms with E-state index >= 15 is 0 Å². The molecule has 100 valence electrons. The highest BCUT2D eigenvalue weighted by atomic mass is 127. The number of halogens is 2. The van der Waals surface area contributed by atoms with Crippen LogP contribution in [0.2, 0.25) is 0 Å². The maximum absolute atomic E-state index is 10.0. The largest absolute Gasteiger partial charge is 0.506 e. The summed E-state index contributed by atoms with van der Waals surface area (Å²) < 4.78 is 1.98. The molecule has 1 atom stereocenters. The molecule has 1 aromatic carbocycles. The highest BCUT2D eigenvalue weighted by molar-refractivity contribution is 14.1. The van der Waals surface area contributed by atoms with Crippen molar-refractivity contribution in [3.05, 3.63) is 24.8 Å². The molecule has 0 fully saturated rings. The predicted molar refractivity (Wildman–Crippen MR) is 94.7 cm³/mol. The zero-order chi connectivity index (χ0) is 13.9. The molecule has 2 nitrogen and oxygen atoms in total. The van der Waals surface area contributed by atoms with Crippen molar-refractivity contribution in [3.8, 4) is 5.75 Å². The van der Waals surface area contributed by atoms with Crippen LogP contribution < -0.4 is 0 Å². The molecule has 1 rings (SSSR count). The first kappa shape index (κ1) is 16.2. The van der Waals surface area contributed by atoms with Gasteiger partial charge in [0.05, 0.1) is 9.61 Å². The van der Waals surface area contributed by atoms with Gasteiger partial charge in [-0.15, -0.1) is 0 Å². The number of benzene rings is 1. The van der Waals surface area contributed by atoms with E-state index in [0.717, 1.165) is 19.1 Å². The number of aliphatic imine (C=N–C) groups is 1. The van der Waals surface area contributed by atoms with Crippen LogP contribution >= 0.6 is 45.2 Å². The zero-order valence-corrected chi connectivity index (χ0v) is 15.5. The molecule has 0 heterocycles. The molecular weight excluding hydrogens is 452 g/mol. The number of nitrogens with zero attached hydrogens (tertiary/aromatic N) is 1. The fourth-order valence-electron chi connectivity index (χ4n) is 1.80. The molecule has 1 unspecified atom stereocenters. The van der Waals surface area contributed by atoms with E-state index in [1.54, 1.807) is 6.21 Å². The molecule has 0 saturated carbocycles. The third-order valence-electron chi connectivity index (χ3n) is 2.84. The number of aromatic hydroxyl groups is 1. The van der Waals surface area contributed by atoms with E-state index in [9.17, 15) is 5.11 Å². The average molecular weight is 471 g/mol. The van der Waals surface area contributed by atoms with Crippen LogP contribution in [-0.4, -0.2) is 17.4 Å². The first-order chi connectivity index (χ1) is 8.25. The Balaban J connectivity index is 3.04. The first-order valence-corrected chi connectivity index (χ1v) is 8.12. The highest BCUT2D eigenvalue weighted by Gasteiger charge is 2.21. The van der Waals surface area contributed by atoms with E-state index < -0.39 is 0 Å². The van der Waals surface area contributed by atoms with Gasteiger partial charge in [-0.25, -0.2) is 0 Å². The smallest absolute Gasteiger partial charge is 0.137 e. The molecule has 1 N–H and O–H groups in total. The van der Waals surface area contributed by atoms with E-state index in [-0.39, 0.29) is 11.5 Å². The van der Waals surface area contributed by atoms with Crippen molar-refractivity contribution in [1.29, 1.82) is 0 Å². The van der Waals surface area contributed by atoms with Gasteiger partial charge in [-0.1, -0.05) is 27.7 Å². The standard InChI is InChI=1S/C14H19I2NO/c1-5-12(14(2,3)4)17-8-9-6-10(15)7-11(16)13(9)18/h6-8,12,18H,5H2,1-4H3. The molecule has 0 aliphatic rings. The van der Waals surface area contributed by atoms with Crippen LogP contribution in [-0.2, 0) is 0 Å². The number of phenols is 1. The summed E-state index contributed by atoms with van der Waals surface area (Å²) in [6.07, 6.45) is 2.81. The predicted octanol–water partition coefficient (Wildman–Crippen LogP) is 4.85.